The van der Waals surface area contributed by atoms with E-state index in [9.17, 15) is 13.2 Å². The van der Waals surface area contributed by atoms with E-state index in [-0.39, 0.29) is 16.2 Å². The number of fused-ring (bicyclic) bond motifs is 1. The molecule has 7 heteroatoms. The van der Waals surface area contributed by atoms with Crippen molar-refractivity contribution in [3.8, 4) is 5.75 Å². The maximum Gasteiger partial charge on any atom is 0.573 e. The molecule has 2 rings (SSSR count). The summed E-state index contributed by atoms with van der Waals surface area (Å²) in [5.41, 5.74) is 0.904. The van der Waals surface area contributed by atoms with Gasteiger partial charge < -0.3 is 4.74 Å². The molecular formula is C11H6BrClF3NO. The van der Waals surface area contributed by atoms with Crippen molar-refractivity contribution in [1.82, 2.24) is 4.98 Å². The van der Waals surface area contributed by atoms with Crippen LogP contribution in [-0.2, 0) is 0 Å². The number of halogens is 5. The molecule has 0 N–H and O–H groups in total. The van der Waals surface area contributed by atoms with Gasteiger partial charge in [0.05, 0.1) is 15.9 Å². The largest absolute Gasteiger partial charge is 0.573 e. The lowest BCUT2D eigenvalue weighted by atomic mass is 10.1. The molecular weight excluding hydrogens is 334 g/mol. The van der Waals surface area contributed by atoms with Crippen molar-refractivity contribution in [3.63, 3.8) is 0 Å². The SMILES string of the molecule is Cc1cnc2c(Br)ccc(OC(F)(F)F)c2c1Cl. The van der Waals surface area contributed by atoms with E-state index >= 15 is 0 Å². The summed E-state index contributed by atoms with van der Waals surface area (Å²) in [5, 5.41) is 0.337. The quantitative estimate of drug-likeness (QED) is 0.740. The van der Waals surface area contributed by atoms with Gasteiger partial charge >= 0.3 is 6.36 Å². The van der Waals surface area contributed by atoms with Crippen LogP contribution in [0.4, 0.5) is 13.2 Å². The smallest absolute Gasteiger partial charge is 0.405 e. The minimum atomic E-state index is -4.77. The molecule has 18 heavy (non-hydrogen) atoms. The maximum absolute atomic E-state index is 12.3. The lowest BCUT2D eigenvalue weighted by Gasteiger charge is -2.13. The first kappa shape index (κ1) is 13.4. The van der Waals surface area contributed by atoms with Gasteiger partial charge in [-0.25, -0.2) is 0 Å². The zero-order valence-electron chi connectivity index (χ0n) is 8.98. The van der Waals surface area contributed by atoms with Crippen LogP contribution < -0.4 is 4.74 Å². The number of hydrogen-bond donors (Lipinski definition) is 0. The summed E-state index contributed by atoms with van der Waals surface area (Å²) >= 11 is 9.24. The van der Waals surface area contributed by atoms with Gasteiger partial charge in [0, 0.05) is 10.7 Å². The topological polar surface area (TPSA) is 22.1 Å². The second-order valence-electron chi connectivity index (χ2n) is 3.57. The predicted molar refractivity (Wildman–Crippen MR) is 65.9 cm³/mol. The third-order valence-corrected chi connectivity index (χ3v) is 3.40. The van der Waals surface area contributed by atoms with Gasteiger partial charge in [0.25, 0.3) is 0 Å². The van der Waals surface area contributed by atoms with Crippen LogP contribution in [0, 0.1) is 6.92 Å². The minimum Gasteiger partial charge on any atom is -0.405 e. The van der Waals surface area contributed by atoms with Gasteiger partial charge in [-0.3, -0.25) is 4.98 Å². The van der Waals surface area contributed by atoms with E-state index in [1.54, 1.807) is 6.92 Å². The van der Waals surface area contributed by atoms with E-state index in [1.165, 1.54) is 18.3 Å². The highest BCUT2D eigenvalue weighted by Crippen LogP contribution is 2.38. The molecule has 0 aliphatic rings. The predicted octanol–water partition coefficient (Wildman–Crippen LogP) is 4.86. The van der Waals surface area contributed by atoms with Crippen LogP contribution in [0.5, 0.6) is 5.75 Å². The van der Waals surface area contributed by atoms with Gasteiger partial charge in [-0.2, -0.15) is 0 Å². The zero-order valence-corrected chi connectivity index (χ0v) is 11.3. The van der Waals surface area contributed by atoms with E-state index in [0.29, 0.717) is 15.6 Å². The first-order valence-corrected chi connectivity index (χ1v) is 5.96. The van der Waals surface area contributed by atoms with Crippen LogP contribution in [0.25, 0.3) is 10.9 Å². The Morgan fingerprint density at radius 2 is 2.00 bits per heavy atom. The molecule has 0 atom stereocenters. The number of pyridine rings is 1. The molecule has 1 aromatic heterocycles. The Morgan fingerprint density at radius 1 is 1.33 bits per heavy atom. The molecule has 2 aromatic rings. The summed E-state index contributed by atoms with van der Waals surface area (Å²) in [6, 6.07) is 2.63. The van der Waals surface area contributed by atoms with E-state index in [0.717, 1.165) is 0 Å². The highest BCUT2D eigenvalue weighted by molar-refractivity contribution is 9.10. The Balaban J connectivity index is 2.75. The number of alkyl halides is 3. The van der Waals surface area contributed by atoms with Crippen molar-refractivity contribution in [1.29, 1.82) is 0 Å². The molecule has 2 nitrogen and oxygen atoms in total. The molecule has 1 aromatic carbocycles. The average molecular weight is 341 g/mol. The standard InChI is InChI=1S/C11H6BrClF3NO/c1-5-4-17-10-6(12)2-3-7(8(10)9(5)13)18-11(14,15)16/h2-4H,1H3. The normalized spacial score (nSPS) is 11.9. The molecule has 0 amide bonds. The van der Waals surface area contributed by atoms with E-state index < -0.39 is 6.36 Å². The molecule has 0 spiro atoms. The second-order valence-corrected chi connectivity index (χ2v) is 4.80. The molecule has 0 radical (unpaired) electrons. The highest BCUT2D eigenvalue weighted by Gasteiger charge is 2.32. The van der Waals surface area contributed by atoms with E-state index in [2.05, 4.69) is 25.7 Å². The van der Waals surface area contributed by atoms with Crippen LogP contribution in [0.15, 0.2) is 22.8 Å². The number of ether oxygens (including phenoxy) is 1. The van der Waals surface area contributed by atoms with Gasteiger partial charge in [0.15, 0.2) is 0 Å². The van der Waals surface area contributed by atoms with E-state index in [1.807, 2.05) is 0 Å². The fourth-order valence-electron chi connectivity index (χ4n) is 1.51. The van der Waals surface area contributed by atoms with Gasteiger partial charge in [0.1, 0.15) is 5.75 Å². The number of hydrogen-bond acceptors (Lipinski definition) is 2. The Kier molecular flexibility index (Phi) is 3.42. The summed E-state index contributed by atoms with van der Waals surface area (Å²) in [6.07, 6.45) is -3.28. The Hall–Kier alpha value is -1.01. The first-order chi connectivity index (χ1) is 8.29. The lowest BCUT2D eigenvalue weighted by molar-refractivity contribution is -0.274. The lowest BCUT2D eigenvalue weighted by Crippen LogP contribution is -2.17. The Labute approximate surface area is 114 Å². The number of benzene rings is 1. The van der Waals surface area contributed by atoms with Crippen molar-refractivity contribution >= 4 is 38.4 Å². The third-order valence-electron chi connectivity index (χ3n) is 2.27. The fourth-order valence-corrected chi connectivity index (χ4v) is 2.17. The molecule has 0 saturated heterocycles. The summed E-state index contributed by atoms with van der Waals surface area (Å²) in [7, 11) is 0. The van der Waals surface area contributed by atoms with Crippen molar-refractivity contribution < 1.29 is 17.9 Å². The Morgan fingerprint density at radius 3 is 2.61 bits per heavy atom. The van der Waals surface area contributed by atoms with Crippen LogP contribution in [0.1, 0.15) is 5.56 Å². The minimum absolute atomic E-state index is 0.142. The number of aromatic nitrogens is 1. The maximum atomic E-state index is 12.3. The van der Waals surface area contributed by atoms with Gasteiger partial charge in [-0.15, -0.1) is 13.2 Å². The molecule has 0 saturated carbocycles. The van der Waals surface area contributed by atoms with Crippen molar-refractivity contribution in [2.75, 3.05) is 0 Å². The van der Waals surface area contributed by atoms with Crippen molar-refractivity contribution in [3.05, 3.63) is 33.4 Å². The van der Waals surface area contributed by atoms with Gasteiger partial charge in [0.2, 0.25) is 0 Å². The fraction of sp³-hybridized carbons (Fsp3) is 0.182. The third kappa shape index (κ3) is 2.54. The number of nitrogens with zero attached hydrogens (tertiary/aromatic N) is 1. The van der Waals surface area contributed by atoms with Crippen LogP contribution in [0.3, 0.4) is 0 Å². The number of rotatable bonds is 1. The summed E-state index contributed by atoms with van der Waals surface area (Å²) in [4.78, 5) is 4.05. The highest BCUT2D eigenvalue weighted by atomic mass is 79.9. The van der Waals surface area contributed by atoms with Crippen molar-refractivity contribution in [2.24, 2.45) is 0 Å². The van der Waals surface area contributed by atoms with Gasteiger partial charge in [-0.1, -0.05) is 11.6 Å². The van der Waals surface area contributed by atoms with E-state index in [4.69, 9.17) is 11.6 Å². The van der Waals surface area contributed by atoms with Crippen LogP contribution >= 0.6 is 27.5 Å². The molecule has 96 valence electrons. The molecule has 0 fully saturated rings. The molecule has 1 heterocycles. The summed E-state index contributed by atoms with van der Waals surface area (Å²) < 4.78 is 41.4. The van der Waals surface area contributed by atoms with Crippen molar-refractivity contribution in [2.45, 2.75) is 13.3 Å². The van der Waals surface area contributed by atoms with Crippen LogP contribution in [-0.4, -0.2) is 11.3 Å². The average Bonchev–Trinajstić information content (AvgIpc) is 2.25. The molecule has 0 unspecified atom stereocenters. The number of aryl methyl sites for hydroxylation is 1. The van der Waals surface area contributed by atoms with Crippen LogP contribution in [0.2, 0.25) is 5.02 Å². The molecule has 0 aliphatic heterocycles. The molecule has 0 aliphatic carbocycles. The van der Waals surface area contributed by atoms with Gasteiger partial charge in [-0.05, 0) is 40.5 Å². The molecule has 0 bridgehead atoms. The summed E-state index contributed by atoms with van der Waals surface area (Å²) in [5.74, 6) is -0.359. The Bertz CT molecular complexity index is 615. The summed E-state index contributed by atoms with van der Waals surface area (Å²) in [6.45, 7) is 1.66. The second kappa shape index (κ2) is 4.59. The zero-order chi connectivity index (χ0) is 13.5. The monoisotopic (exact) mass is 339 g/mol. The first-order valence-electron chi connectivity index (χ1n) is 4.78.